The van der Waals surface area contributed by atoms with Crippen LogP contribution >= 0.6 is 0 Å². The molecule has 7 heteroatoms. The van der Waals surface area contributed by atoms with E-state index in [0.717, 1.165) is 12.8 Å². The van der Waals surface area contributed by atoms with Crippen LogP contribution in [0.25, 0.3) is 0 Å². The molecule has 0 bridgehead atoms. The van der Waals surface area contributed by atoms with Crippen LogP contribution in [0.1, 0.15) is 26.2 Å². The number of nitrogens with one attached hydrogen (secondary N) is 2. The average Bonchev–Trinajstić information content (AvgIpc) is 2.47. The summed E-state index contributed by atoms with van der Waals surface area (Å²) in [6.45, 7) is 2.74. The van der Waals surface area contributed by atoms with Gasteiger partial charge in [0.2, 0.25) is 15.9 Å². The van der Waals surface area contributed by atoms with Crippen molar-refractivity contribution in [2.24, 2.45) is 0 Å². The Morgan fingerprint density at radius 3 is 2.43 bits per heavy atom. The van der Waals surface area contributed by atoms with E-state index in [2.05, 4.69) is 10.0 Å². The lowest BCUT2D eigenvalue weighted by Gasteiger charge is -2.08. The van der Waals surface area contributed by atoms with Crippen LogP contribution in [0.5, 0.6) is 5.75 Å². The van der Waals surface area contributed by atoms with Crippen molar-refractivity contribution in [1.29, 1.82) is 0 Å². The molecule has 0 unspecified atom stereocenters. The van der Waals surface area contributed by atoms with Crippen LogP contribution in [0.15, 0.2) is 29.2 Å². The highest BCUT2D eigenvalue weighted by Gasteiger charge is 2.14. The number of methoxy groups -OCH3 is 1. The molecule has 0 atom stereocenters. The molecule has 1 rings (SSSR count). The smallest absolute Gasteiger partial charge is 0.240 e. The summed E-state index contributed by atoms with van der Waals surface area (Å²) in [5.41, 5.74) is 0. The van der Waals surface area contributed by atoms with E-state index in [-0.39, 0.29) is 23.8 Å². The highest BCUT2D eigenvalue weighted by molar-refractivity contribution is 7.89. The number of carbonyl (C=O) groups is 1. The molecule has 2 N–H and O–H groups in total. The van der Waals surface area contributed by atoms with Gasteiger partial charge in [0, 0.05) is 19.5 Å². The van der Waals surface area contributed by atoms with Crippen LogP contribution in [-0.2, 0) is 14.8 Å². The molecule has 0 saturated heterocycles. The van der Waals surface area contributed by atoms with Crippen molar-refractivity contribution in [2.45, 2.75) is 31.1 Å². The summed E-state index contributed by atoms with van der Waals surface area (Å²) in [5.74, 6) is 0.435. The quantitative estimate of drug-likeness (QED) is 0.673. The molecule has 0 fully saturated rings. The van der Waals surface area contributed by atoms with Crippen molar-refractivity contribution in [3.63, 3.8) is 0 Å². The van der Waals surface area contributed by atoms with E-state index in [0.29, 0.717) is 12.3 Å². The molecule has 0 aliphatic heterocycles. The standard InChI is InChI=1S/C14H22N2O4S/c1-3-4-10-15-14(17)9-11-16-21(18,19)13-7-5-12(20-2)6-8-13/h5-8,16H,3-4,9-11H2,1-2H3,(H,15,17). The minimum absolute atomic E-state index is 0.0757. The van der Waals surface area contributed by atoms with Gasteiger partial charge in [0.25, 0.3) is 0 Å². The number of hydrogen-bond acceptors (Lipinski definition) is 4. The van der Waals surface area contributed by atoms with Crippen molar-refractivity contribution >= 4 is 15.9 Å². The summed E-state index contributed by atoms with van der Waals surface area (Å²) in [6.07, 6.45) is 2.05. The number of benzene rings is 1. The van der Waals surface area contributed by atoms with E-state index >= 15 is 0 Å². The lowest BCUT2D eigenvalue weighted by atomic mass is 10.3. The van der Waals surface area contributed by atoms with Gasteiger partial charge in [0.05, 0.1) is 12.0 Å². The number of carbonyl (C=O) groups excluding carboxylic acids is 1. The van der Waals surface area contributed by atoms with Crippen LogP contribution in [0, 0.1) is 0 Å². The Kier molecular flexibility index (Phi) is 7.18. The lowest BCUT2D eigenvalue weighted by molar-refractivity contribution is -0.120. The van der Waals surface area contributed by atoms with E-state index in [1.165, 1.54) is 19.2 Å². The Morgan fingerprint density at radius 2 is 1.86 bits per heavy atom. The van der Waals surface area contributed by atoms with Crippen LogP contribution in [0.4, 0.5) is 0 Å². The highest BCUT2D eigenvalue weighted by atomic mass is 32.2. The molecule has 0 aromatic heterocycles. The second-order valence-corrected chi connectivity index (χ2v) is 6.29. The van der Waals surface area contributed by atoms with Gasteiger partial charge in [-0.3, -0.25) is 4.79 Å². The molecule has 118 valence electrons. The fourth-order valence-electron chi connectivity index (χ4n) is 1.63. The molecule has 0 radical (unpaired) electrons. The van der Waals surface area contributed by atoms with Crippen LogP contribution < -0.4 is 14.8 Å². The minimum Gasteiger partial charge on any atom is -0.497 e. The van der Waals surface area contributed by atoms with Gasteiger partial charge in [0.1, 0.15) is 5.75 Å². The largest absolute Gasteiger partial charge is 0.497 e. The number of rotatable bonds is 9. The summed E-state index contributed by atoms with van der Waals surface area (Å²) in [7, 11) is -2.08. The van der Waals surface area contributed by atoms with Crippen LogP contribution in [0.2, 0.25) is 0 Å². The maximum absolute atomic E-state index is 12.0. The van der Waals surface area contributed by atoms with Crippen molar-refractivity contribution in [3.05, 3.63) is 24.3 Å². The Balaban J connectivity index is 2.43. The molecular weight excluding hydrogens is 292 g/mol. The molecule has 1 aromatic rings. The third kappa shape index (κ3) is 6.14. The number of sulfonamides is 1. The lowest BCUT2D eigenvalue weighted by Crippen LogP contribution is -2.31. The summed E-state index contributed by atoms with van der Waals surface area (Å²) >= 11 is 0. The molecular formula is C14H22N2O4S. The minimum atomic E-state index is -3.59. The first-order chi connectivity index (χ1) is 9.99. The highest BCUT2D eigenvalue weighted by Crippen LogP contribution is 2.15. The molecule has 0 aliphatic rings. The zero-order chi connectivity index (χ0) is 15.7. The fourth-order valence-corrected chi connectivity index (χ4v) is 2.66. The summed E-state index contributed by atoms with van der Waals surface area (Å²) in [6, 6.07) is 6.07. The first-order valence-corrected chi connectivity index (χ1v) is 8.38. The first kappa shape index (κ1) is 17.5. The zero-order valence-electron chi connectivity index (χ0n) is 12.4. The Bertz CT molecular complexity index is 541. The van der Waals surface area contributed by atoms with E-state index in [1.54, 1.807) is 12.1 Å². The van der Waals surface area contributed by atoms with Gasteiger partial charge in [-0.05, 0) is 30.7 Å². The van der Waals surface area contributed by atoms with Gasteiger partial charge < -0.3 is 10.1 Å². The van der Waals surface area contributed by atoms with Gasteiger partial charge in [-0.15, -0.1) is 0 Å². The van der Waals surface area contributed by atoms with Crippen molar-refractivity contribution in [3.8, 4) is 5.75 Å². The van der Waals surface area contributed by atoms with Gasteiger partial charge in [-0.1, -0.05) is 13.3 Å². The molecule has 21 heavy (non-hydrogen) atoms. The monoisotopic (exact) mass is 314 g/mol. The Hall–Kier alpha value is -1.60. The Labute approximate surface area is 125 Å². The molecule has 1 amide bonds. The van der Waals surface area contributed by atoms with E-state index in [1.807, 2.05) is 6.92 Å². The Morgan fingerprint density at radius 1 is 1.19 bits per heavy atom. The van der Waals surface area contributed by atoms with Crippen LogP contribution in [-0.4, -0.2) is 34.5 Å². The summed E-state index contributed by atoms with van der Waals surface area (Å²) in [5, 5.41) is 2.73. The SMILES string of the molecule is CCCCNC(=O)CCNS(=O)(=O)c1ccc(OC)cc1. The maximum Gasteiger partial charge on any atom is 0.240 e. The van der Waals surface area contributed by atoms with Gasteiger partial charge in [0.15, 0.2) is 0 Å². The normalized spacial score (nSPS) is 11.1. The predicted molar refractivity (Wildman–Crippen MR) is 80.7 cm³/mol. The number of hydrogen-bond donors (Lipinski definition) is 2. The summed E-state index contributed by atoms with van der Waals surface area (Å²) < 4.78 is 31.4. The second kappa shape index (κ2) is 8.63. The third-order valence-electron chi connectivity index (χ3n) is 2.87. The molecule has 6 nitrogen and oxygen atoms in total. The maximum atomic E-state index is 12.0. The molecule has 1 aromatic carbocycles. The first-order valence-electron chi connectivity index (χ1n) is 6.90. The van der Waals surface area contributed by atoms with Gasteiger partial charge in [-0.25, -0.2) is 13.1 Å². The molecule has 0 aliphatic carbocycles. The zero-order valence-corrected chi connectivity index (χ0v) is 13.2. The van der Waals surface area contributed by atoms with E-state index < -0.39 is 10.0 Å². The van der Waals surface area contributed by atoms with Crippen molar-refractivity contribution in [2.75, 3.05) is 20.2 Å². The van der Waals surface area contributed by atoms with Crippen molar-refractivity contribution in [1.82, 2.24) is 10.0 Å². The molecule has 0 saturated carbocycles. The second-order valence-electron chi connectivity index (χ2n) is 4.53. The average molecular weight is 314 g/mol. The van der Waals surface area contributed by atoms with Crippen molar-refractivity contribution < 1.29 is 17.9 Å². The number of unbranched alkanes of at least 4 members (excludes halogenated alkanes) is 1. The van der Waals surface area contributed by atoms with E-state index in [9.17, 15) is 13.2 Å². The predicted octanol–water partition coefficient (Wildman–Crippen LogP) is 1.28. The number of amides is 1. The third-order valence-corrected chi connectivity index (χ3v) is 4.34. The summed E-state index contributed by atoms with van der Waals surface area (Å²) in [4.78, 5) is 11.6. The van der Waals surface area contributed by atoms with Gasteiger partial charge >= 0.3 is 0 Å². The molecule has 0 spiro atoms. The molecule has 0 heterocycles. The van der Waals surface area contributed by atoms with Gasteiger partial charge in [-0.2, -0.15) is 0 Å². The fraction of sp³-hybridized carbons (Fsp3) is 0.500. The van der Waals surface area contributed by atoms with E-state index in [4.69, 9.17) is 4.74 Å². The topological polar surface area (TPSA) is 84.5 Å². The number of ether oxygens (including phenoxy) is 1. The van der Waals surface area contributed by atoms with Crippen LogP contribution in [0.3, 0.4) is 0 Å².